The lowest BCUT2D eigenvalue weighted by Gasteiger charge is -2.24. The summed E-state index contributed by atoms with van der Waals surface area (Å²) in [6.45, 7) is 0.420. The number of thioether (sulfide) groups is 1. The molecule has 10 heavy (non-hydrogen) atoms. The van der Waals surface area contributed by atoms with E-state index in [-0.39, 0.29) is 12.5 Å². The summed E-state index contributed by atoms with van der Waals surface area (Å²) in [6.07, 6.45) is -0.604. The Morgan fingerprint density at radius 2 is 2.50 bits per heavy atom. The Morgan fingerprint density at radius 3 is 3.00 bits per heavy atom. The van der Waals surface area contributed by atoms with Gasteiger partial charge in [-0.25, -0.2) is 0 Å². The monoisotopic (exact) mass is 164 g/mol. The molecule has 0 aromatic carbocycles. The maximum absolute atomic E-state index is 9.14. The summed E-state index contributed by atoms with van der Waals surface area (Å²) in [5.41, 5.74) is 0. The molecule has 1 aliphatic heterocycles. The van der Waals surface area contributed by atoms with Crippen LogP contribution >= 0.6 is 11.8 Å². The first kappa shape index (κ1) is 8.33. The fourth-order valence-electron chi connectivity index (χ4n) is 0.877. The summed E-state index contributed by atoms with van der Waals surface area (Å²) in [4.78, 5) is 0. The number of rotatable bonds is 2. The average molecular weight is 164 g/mol. The van der Waals surface area contributed by atoms with E-state index in [1.807, 2.05) is 0 Å². The molecule has 0 aliphatic carbocycles. The molecule has 2 atom stereocenters. The Balaban J connectivity index is 2.24. The molecule has 0 saturated carbocycles. The molecule has 0 aromatic rings. The van der Waals surface area contributed by atoms with E-state index in [4.69, 9.17) is 14.9 Å². The van der Waals surface area contributed by atoms with E-state index < -0.39 is 6.10 Å². The molecule has 4 heteroatoms. The molecule has 0 aromatic heterocycles. The summed E-state index contributed by atoms with van der Waals surface area (Å²) in [7, 11) is 0. The molecule has 1 saturated heterocycles. The van der Waals surface area contributed by atoms with E-state index in [1.54, 1.807) is 11.8 Å². The summed E-state index contributed by atoms with van der Waals surface area (Å²) >= 11 is 1.65. The minimum absolute atomic E-state index is 0.115. The van der Waals surface area contributed by atoms with Gasteiger partial charge in [0.2, 0.25) is 0 Å². The standard InChI is InChI=1S/C6H12O3S/c7-1-6(8)5-2-9-4-10-3-5/h5-8H,1-4H2. The predicted molar refractivity (Wildman–Crippen MR) is 39.9 cm³/mol. The van der Waals surface area contributed by atoms with Gasteiger partial charge >= 0.3 is 0 Å². The van der Waals surface area contributed by atoms with Gasteiger partial charge in [0.1, 0.15) is 0 Å². The fourth-order valence-corrected chi connectivity index (χ4v) is 1.81. The van der Waals surface area contributed by atoms with Gasteiger partial charge in [0.15, 0.2) is 0 Å². The van der Waals surface area contributed by atoms with Crippen molar-refractivity contribution in [3.8, 4) is 0 Å². The molecule has 0 amide bonds. The van der Waals surface area contributed by atoms with Gasteiger partial charge in [-0.2, -0.15) is 0 Å². The number of ether oxygens (including phenoxy) is 1. The molecule has 1 fully saturated rings. The van der Waals surface area contributed by atoms with Gasteiger partial charge in [0, 0.05) is 11.7 Å². The van der Waals surface area contributed by atoms with Gasteiger partial charge < -0.3 is 14.9 Å². The number of aliphatic hydroxyl groups is 2. The van der Waals surface area contributed by atoms with Crippen LogP contribution in [-0.4, -0.2) is 41.2 Å². The molecule has 0 bridgehead atoms. The third-order valence-corrected chi connectivity index (χ3v) is 2.56. The first-order chi connectivity index (χ1) is 4.84. The van der Waals surface area contributed by atoms with Crippen molar-refractivity contribution in [2.24, 2.45) is 5.92 Å². The third kappa shape index (κ3) is 2.12. The van der Waals surface area contributed by atoms with Crippen molar-refractivity contribution in [1.82, 2.24) is 0 Å². The second-order valence-electron chi connectivity index (χ2n) is 2.37. The molecular formula is C6H12O3S. The van der Waals surface area contributed by atoms with Crippen LogP contribution in [-0.2, 0) is 4.74 Å². The van der Waals surface area contributed by atoms with Crippen molar-refractivity contribution in [2.45, 2.75) is 6.10 Å². The second kappa shape index (κ2) is 4.18. The van der Waals surface area contributed by atoms with Crippen LogP contribution in [0.15, 0.2) is 0 Å². The van der Waals surface area contributed by atoms with Crippen LogP contribution in [0.4, 0.5) is 0 Å². The van der Waals surface area contributed by atoms with E-state index in [2.05, 4.69) is 0 Å². The quantitative estimate of drug-likeness (QED) is 0.587. The summed E-state index contributed by atoms with van der Waals surface area (Å²) in [5.74, 6) is 1.72. The Bertz CT molecular complexity index is 93.0. The molecule has 0 spiro atoms. The van der Waals surface area contributed by atoms with Crippen molar-refractivity contribution in [2.75, 3.05) is 24.9 Å². The lowest BCUT2D eigenvalue weighted by Crippen LogP contribution is -2.32. The van der Waals surface area contributed by atoms with E-state index in [1.165, 1.54) is 0 Å². The number of hydrogen-bond donors (Lipinski definition) is 2. The summed E-state index contributed by atoms with van der Waals surface area (Å²) < 4.78 is 5.10. The number of hydrogen-bond acceptors (Lipinski definition) is 4. The normalized spacial score (nSPS) is 30.0. The van der Waals surface area contributed by atoms with Crippen molar-refractivity contribution < 1.29 is 14.9 Å². The highest BCUT2D eigenvalue weighted by Gasteiger charge is 2.21. The average Bonchev–Trinajstić information content (AvgIpc) is 2.05. The fraction of sp³-hybridized carbons (Fsp3) is 1.00. The van der Waals surface area contributed by atoms with E-state index in [9.17, 15) is 0 Å². The third-order valence-electron chi connectivity index (χ3n) is 1.56. The van der Waals surface area contributed by atoms with Crippen LogP contribution in [0.5, 0.6) is 0 Å². The molecule has 1 aliphatic rings. The smallest absolute Gasteiger partial charge is 0.0921 e. The second-order valence-corrected chi connectivity index (χ2v) is 3.35. The first-order valence-corrected chi connectivity index (χ1v) is 4.44. The molecule has 2 unspecified atom stereocenters. The largest absolute Gasteiger partial charge is 0.394 e. The summed E-state index contributed by atoms with van der Waals surface area (Å²) in [5, 5.41) is 17.7. The van der Waals surface area contributed by atoms with E-state index in [0.717, 1.165) is 5.75 Å². The zero-order valence-electron chi connectivity index (χ0n) is 5.69. The number of aliphatic hydroxyl groups excluding tert-OH is 2. The van der Waals surface area contributed by atoms with Crippen molar-refractivity contribution in [3.05, 3.63) is 0 Å². The predicted octanol–water partition coefficient (Wildman–Crippen LogP) is -0.323. The van der Waals surface area contributed by atoms with Crippen molar-refractivity contribution >= 4 is 11.8 Å². The summed E-state index contributed by atoms with van der Waals surface area (Å²) in [6, 6.07) is 0. The van der Waals surface area contributed by atoms with Crippen LogP contribution in [0.2, 0.25) is 0 Å². The molecular weight excluding hydrogens is 152 g/mol. The highest BCUT2D eigenvalue weighted by Crippen LogP contribution is 2.18. The van der Waals surface area contributed by atoms with E-state index >= 15 is 0 Å². The molecule has 60 valence electrons. The van der Waals surface area contributed by atoms with Gasteiger partial charge in [-0.1, -0.05) is 0 Å². The maximum Gasteiger partial charge on any atom is 0.0921 e. The SMILES string of the molecule is OCC(O)C1COCSC1. The zero-order chi connectivity index (χ0) is 7.40. The van der Waals surface area contributed by atoms with Crippen LogP contribution < -0.4 is 0 Å². The van der Waals surface area contributed by atoms with Gasteiger partial charge in [-0.3, -0.25) is 0 Å². The molecule has 2 N–H and O–H groups in total. The van der Waals surface area contributed by atoms with Crippen LogP contribution in [0.1, 0.15) is 0 Å². The Labute approximate surface area is 64.4 Å². The topological polar surface area (TPSA) is 49.7 Å². The van der Waals surface area contributed by atoms with Gasteiger partial charge in [-0.05, 0) is 0 Å². The highest BCUT2D eigenvalue weighted by molar-refractivity contribution is 7.99. The molecule has 1 heterocycles. The lowest BCUT2D eigenvalue weighted by molar-refractivity contribution is 0.0132. The Morgan fingerprint density at radius 1 is 1.70 bits per heavy atom. The van der Waals surface area contributed by atoms with E-state index in [0.29, 0.717) is 12.5 Å². The molecule has 3 nitrogen and oxygen atoms in total. The van der Waals surface area contributed by atoms with Crippen LogP contribution in [0, 0.1) is 5.92 Å². The highest BCUT2D eigenvalue weighted by atomic mass is 32.2. The Hall–Kier alpha value is 0.230. The van der Waals surface area contributed by atoms with Crippen molar-refractivity contribution in [1.29, 1.82) is 0 Å². The Kier molecular flexibility index (Phi) is 3.48. The lowest BCUT2D eigenvalue weighted by atomic mass is 10.1. The van der Waals surface area contributed by atoms with Gasteiger partial charge in [0.25, 0.3) is 0 Å². The minimum Gasteiger partial charge on any atom is -0.394 e. The molecule has 0 radical (unpaired) electrons. The van der Waals surface area contributed by atoms with Crippen LogP contribution in [0.3, 0.4) is 0 Å². The zero-order valence-corrected chi connectivity index (χ0v) is 6.51. The molecule has 1 rings (SSSR count). The van der Waals surface area contributed by atoms with Gasteiger partial charge in [0.05, 0.1) is 25.3 Å². The van der Waals surface area contributed by atoms with Gasteiger partial charge in [-0.15, -0.1) is 11.8 Å². The van der Waals surface area contributed by atoms with Crippen LogP contribution in [0.25, 0.3) is 0 Å². The first-order valence-electron chi connectivity index (χ1n) is 3.29. The maximum atomic E-state index is 9.14. The van der Waals surface area contributed by atoms with Crippen molar-refractivity contribution in [3.63, 3.8) is 0 Å². The minimum atomic E-state index is -0.604.